The zero-order valence-electron chi connectivity index (χ0n) is 10.8. The smallest absolute Gasteiger partial charge is 0.120 e. The number of hydrogen-bond donors (Lipinski definition) is 1. The van der Waals surface area contributed by atoms with Crippen LogP contribution in [-0.4, -0.2) is 9.78 Å². The minimum absolute atomic E-state index is 0.207. The summed E-state index contributed by atoms with van der Waals surface area (Å²) in [5, 5.41) is 7.75. The Labute approximate surface area is 102 Å². The molecule has 1 atom stereocenters. The normalized spacial score (nSPS) is 12.9. The molecule has 0 bridgehead atoms. The van der Waals surface area contributed by atoms with Crippen molar-refractivity contribution in [2.24, 2.45) is 7.05 Å². The fraction of sp³-hybridized carbons (Fsp3) is 0.462. The average Bonchev–Trinajstić information content (AvgIpc) is 2.82. The highest BCUT2D eigenvalue weighted by Crippen LogP contribution is 2.16. The van der Waals surface area contributed by atoms with Gasteiger partial charge in [-0.15, -0.1) is 0 Å². The monoisotopic (exact) mass is 233 g/mol. The van der Waals surface area contributed by atoms with Crippen LogP contribution in [0.25, 0.3) is 0 Å². The molecular weight excluding hydrogens is 214 g/mol. The van der Waals surface area contributed by atoms with E-state index in [0.29, 0.717) is 0 Å². The summed E-state index contributed by atoms with van der Waals surface area (Å²) in [6.07, 6.45) is 0. The molecule has 0 amide bonds. The first-order chi connectivity index (χ1) is 8.06. The van der Waals surface area contributed by atoms with E-state index >= 15 is 0 Å². The summed E-state index contributed by atoms with van der Waals surface area (Å²) in [5.41, 5.74) is 2.23. The van der Waals surface area contributed by atoms with Gasteiger partial charge >= 0.3 is 0 Å². The third kappa shape index (κ3) is 2.77. The van der Waals surface area contributed by atoms with E-state index in [-0.39, 0.29) is 6.04 Å². The van der Waals surface area contributed by atoms with Crippen molar-refractivity contribution in [3.63, 3.8) is 0 Å². The molecule has 0 saturated heterocycles. The Kier molecular flexibility index (Phi) is 3.33. The van der Waals surface area contributed by atoms with E-state index in [4.69, 9.17) is 4.42 Å². The lowest BCUT2D eigenvalue weighted by atomic mass is 10.2. The van der Waals surface area contributed by atoms with Gasteiger partial charge < -0.3 is 9.73 Å². The molecule has 0 radical (unpaired) electrons. The van der Waals surface area contributed by atoms with Gasteiger partial charge in [0.1, 0.15) is 11.5 Å². The molecule has 4 heteroatoms. The molecule has 2 heterocycles. The van der Waals surface area contributed by atoms with Crippen molar-refractivity contribution in [1.29, 1.82) is 0 Å². The van der Waals surface area contributed by atoms with Crippen LogP contribution in [-0.2, 0) is 13.6 Å². The molecule has 1 unspecified atom stereocenters. The molecule has 2 aromatic rings. The summed E-state index contributed by atoms with van der Waals surface area (Å²) in [6, 6.07) is 6.30. The molecule has 0 aliphatic heterocycles. The summed E-state index contributed by atoms with van der Waals surface area (Å²) in [5.74, 6) is 1.92. The molecular formula is C13H19N3O. The van der Waals surface area contributed by atoms with Crippen molar-refractivity contribution in [2.45, 2.75) is 33.4 Å². The molecule has 0 aliphatic carbocycles. The van der Waals surface area contributed by atoms with E-state index < -0.39 is 0 Å². The summed E-state index contributed by atoms with van der Waals surface area (Å²) in [4.78, 5) is 0. The Morgan fingerprint density at radius 2 is 2.18 bits per heavy atom. The number of nitrogens with zero attached hydrogens (tertiary/aromatic N) is 2. The quantitative estimate of drug-likeness (QED) is 0.882. The zero-order chi connectivity index (χ0) is 12.4. The van der Waals surface area contributed by atoms with Gasteiger partial charge in [0.05, 0.1) is 17.4 Å². The molecule has 0 spiro atoms. The Morgan fingerprint density at radius 1 is 1.41 bits per heavy atom. The van der Waals surface area contributed by atoms with E-state index in [9.17, 15) is 0 Å². The lowest BCUT2D eigenvalue weighted by Crippen LogP contribution is -2.19. The fourth-order valence-electron chi connectivity index (χ4n) is 1.87. The Balaban J connectivity index is 1.96. The highest BCUT2D eigenvalue weighted by atomic mass is 16.3. The second-order valence-corrected chi connectivity index (χ2v) is 4.45. The van der Waals surface area contributed by atoms with Gasteiger partial charge in [0.15, 0.2) is 0 Å². The molecule has 4 nitrogen and oxygen atoms in total. The second-order valence-electron chi connectivity index (χ2n) is 4.45. The maximum atomic E-state index is 5.58. The van der Waals surface area contributed by atoms with Crippen LogP contribution in [0, 0.1) is 13.8 Å². The van der Waals surface area contributed by atoms with Gasteiger partial charge in [0.2, 0.25) is 0 Å². The van der Waals surface area contributed by atoms with E-state index in [1.165, 1.54) is 5.69 Å². The second kappa shape index (κ2) is 4.75. The highest BCUT2D eigenvalue weighted by molar-refractivity contribution is 5.11. The van der Waals surface area contributed by atoms with Crippen LogP contribution in [0.15, 0.2) is 22.6 Å². The van der Waals surface area contributed by atoms with Crippen LogP contribution in [0.1, 0.15) is 35.9 Å². The van der Waals surface area contributed by atoms with Crippen LogP contribution in [0.3, 0.4) is 0 Å². The third-order valence-corrected chi connectivity index (χ3v) is 2.88. The highest BCUT2D eigenvalue weighted by Gasteiger charge is 2.10. The summed E-state index contributed by atoms with van der Waals surface area (Å²) >= 11 is 0. The van der Waals surface area contributed by atoms with Gasteiger partial charge in [-0.3, -0.25) is 4.68 Å². The molecule has 1 N–H and O–H groups in total. The largest absolute Gasteiger partial charge is 0.465 e. The summed E-state index contributed by atoms with van der Waals surface area (Å²) in [7, 11) is 1.96. The maximum absolute atomic E-state index is 5.58. The first-order valence-electron chi connectivity index (χ1n) is 5.85. The van der Waals surface area contributed by atoms with Crippen molar-refractivity contribution >= 4 is 0 Å². The van der Waals surface area contributed by atoms with Crippen molar-refractivity contribution < 1.29 is 4.42 Å². The summed E-state index contributed by atoms with van der Waals surface area (Å²) < 4.78 is 7.49. The van der Waals surface area contributed by atoms with Gasteiger partial charge in [-0.2, -0.15) is 5.10 Å². The first kappa shape index (κ1) is 11.9. The van der Waals surface area contributed by atoms with Crippen LogP contribution < -0.4 is 5.32 Å². The fourth-order valence-corrected chi connectivity index (χ4v) is 1.87. The Bertz CT molecular complexity index is 498. The molecule has 2 aromatic heterocycles. The SMILES string of the molecule is Cc1cc(CNC(C)c2ccc(C)o2)n(C)n1. The van der Waals surface area contributed by atoms with Crippen LogP contribution in [0.5, 0.6) is 0 Å². The van der Waals surface area contributed by atoms with E-state index in [1.807, 2.05) is 37.7 Å². The molecule has 17 heavy (non-hydrogen) atoms. The topological polar surface area (TPSA) is 43.0 Å². The van der Waals surface area contributed by atoms with Crippen LogP contribution in [0.4, 0.5) is 0 Å². The number of hydrogen-bond acceptors (Lipinski definition) is 3. The average molecular weight is 233 g/mol. The van der Waals surface area contributed by atoms with E-state index in [0.717, 1.165) is 23.8 Å². The lowest BCUT2D eigenvalue weighted by Gasteiger charge is -2.11. The molecule has 92 valence electrons. The van der Waals surface area contributed by atoms with E-state index in [2.05, 4.69) is 23.4 Å². The first-order valence-corrected chi connectivity index (χ1v) is 5.85. The van der Waals surface area contributed by atoms with Crippen LogP contribution >= 0.6 is 0 Å². The number of furan rings is 1. The van der Waals surface area contributed by atoms with Gasteiger partial charge in [-0.25, -0.2) is 0 Å². The Hall–Kier alpha value is -1.55. The number of aryl methyl sites for hydroxylation is 3. The zero-order valence-corrected chi connectivity index (χ0v) is 10.8. The van der Waals surface area contributed by atoms with Crippen molar-refractivity contribution in [3.05, 3.63) is 41.1 Å². The third-order valence-electron chi connectivity index (χ3n) is 2.88. The summed E-state index contributed by atoms with van der Waals surface area (Å²) in [6.45, 7) is 6.85. The van der Waals surface area contributed by atoms with E-state index in [1.54, 1.807) is 0 Å². The maximum Gasteiger partial charge on any atom is 0.120 e. The standard InChI is InChI=1S/C13H19N3O/c1-9-7-12(16(4)15-9)8-14-11(3)13-6-5-10(2)17-13/h5-7,11,14H,8H2,1-4H3. The Morgan fingerprint density at radius 3 is 2.71 bits per heavy atom. The minimum atomic E-state index is 0.207. The van der Waals surface area contributed by atoms with Gasteiger partial charge in [-0.05, 0) is 39.0 Å². The van der Waals surface area contributed by atoms with Crippen molar-refractivity contribution in [1.82, 2.24) is 15.1 Å². The van der Waals surface area contributed by atoms with Gasteiger partial charge in [-0.1, -0.05) is 0 Å². The van der Waals surface area contributed by atoms with Gasteiger partial charge in [0, 0.05) is 13.6 Å². The minimum Gasteiger partial charge on any atom is -0.465 e. The molecule has 0 saturated carbocycles. The predicted octanol–water partition coefficient (Wildman–Crippen LogP) is 2.48. The van der Waals surface area contributed by atoms with Gasteiger partial charge in [0.25, 0.3) is 0 Å². The molecule has 2 rings (SSSR count). The number of aromatic nitrogens is 2. The molecule has 0 aromatic carbocycles. The lowest BCUT2D eigenvalue weighted by molar-refractivity contribution is 0.412. The van der Waals surface area contributed by atoms with Crippen molar-refractivity contribution in [2.75, 3.05) is 0 Å². The molecule has 0 aliphatic rings. The number of nitrogens with one attached hydrogen (secondary N) is 1. The molecule has 0 fully saturated rings. The van der Waals surface area contributed by atoms with Crippen LogP contribution in [0.2, 0.25) is 0 Å². The number of rotatable bonds is 4. The predicted molar refractivity (Wildman–Crippen MR) is 66.6 cm³/mol. The van der Waals surface area contributed by atoms with Crippen molar-refractivity contribution in [3.8, 4) is 0 Å².